The molecule has 2 aromatic carbocycles. The van der Waals surface area contributed by atoms with Gasteiger partial charge in [-0.15, -0.1) is 0 Å². The van der Waals surface area contributed by atoms with E-state index in [4.69, 9.17) is 16.6 Å². The summed E-state index contributed by atoms with van der Waals surface area (Å²) in [4.78, 5) is 0. The minimum atomic E-state index is -0.237. The fraction of sp³-hybridized carbons (Fsp3) is 0.581. The first-order chi connectivity index (χ1) is 16.6. The van der Waals surface area contributed by atoms with Crippen LogP contribution in [0, 0.1) is 16.4 Å². The van der Waals surface area contributed by atoms with E-state index in [0.717, 1.165) is 53.3 Å². The van der Waals surface area contributed by atoms with Gasteiger partial charge in [0.2, 0.25) is 0 Å². The maximum atomic E-state index is 15.2. The number of hydrogen-bond donors (Lipinski definition) is 0. The first-order valence-corrected chi connectivity index (χ1v) is 14.2. The highest BCUT2D eigenvalue weighted by Gasteiger charge is 2.23. The van der Waals surface area contributed by atoms with Gasteiger partial charge >= 0.3 is 0 Å². The topological polar surface area (TPSA) is 13.1 Å². The van der Waals surface area contributed by atoms with Crippen LogP contribution in [0.3, 0.4) is 0 Å². The molecule has 1 fully saturated rings. The molecule has 0 bridgehead atoms. The maximum Gasteiger partial charge on any atom is 0.198 e. The summed E-state index contributed by atoms with van der Waals surface area (Å²) < 4.78 is 21.6. The van der Waals surface area contributed by atoms with Crippen LogP contribution in [0.2, 0.25) is 0 Å². The van der Waals surface area contributed by atoms with E-state index in [0.29, 0.717) is 16.2 Å². The number of aryl methyl sites for hydroxylation is 1. The molecular weight excluding hydrogens is 439 g/mol. The zero-order valence-electron chi connectivity index (χ0n) is 21.1. The third-order valence-electron chi connectivity index (χ3n) is 8.01. The minimum Gasteiger partial charge on any atom is -0.441 e. The molecule has 1 heterocycles. The Hall–Kier alpha value is -1.74. The van der Waals surface area contributed by atoms with Gasteiger partial charge in [0.25, 0.3) is 0 Å². The number of halogens is 1. The molecule has 1 aliphatic carbocycles. The van der Waals surface area contributed by atoms with E-state index in [1.165, 1.54) is 69.8 Å². The van der Waals surface area contributed by atoms with Crippen molar-refractivity contribution in [3.05, 3.63) is 52.0 Å². The third kappa shape index (κ3) is 5.90. The summed E-state index contributed by atoms with van der Waals surface area (Å²) in [6, 6.07) is 10.6. The van der Waals surface area contributed by atoms with E-state index in [1.54, 1.807) is 0 Å². The molecule has 0 spiro atoms. The molecule has 3 heteroatoms. The van der Waals surface area contributed by atoms with Crippen LogP contribution in [-0.2, 0) is 6.42 Å². The molecular formula is C31H41FOS. The van der Waals surface area contributed by atoms with Crippen molar-refractivity contribution in [1.29, 1.82) is 0 Å². The zero-order valence-corrected chi connectivity index (χ0v) is 22.0. The third-order valence-corrected chi connectivity index (χ3v) is 8.31. The lowest BCUT2D eigenvalue weighted by molar-refractivity contribution is 0.302. The van der Waals surface area contributed by atoms with Crippen molar-refractivity contribution >= 4 is 34.0 Å². The summed E-state index contributed by atoms with van der Waals surface area (Å²) in [5, 5.41) is 2.80. The summed E-state index contributed by atoms with van der Waals surface area (Å²) in [6.07, 6.45) is 17.5. The van der Waals surface area contributed by atoms with E-state index in [9.17, 15) is 0 Å². The molecule has 0 radical (unpaired) electrons. The number of benzene rings is 2. The second kappa shape index (κ2) is 12.3. The highest BCUT2D eigenvalue weighted by Crippen LogP contribution is 2.40. The first-order valence-electron chi connectivity index (χ1n) is 13.8. The van der Waals surface area contributed by atoms with Crippen molar-refractivity contribution in [2.75, 3.05) is 0 Å². The maximum absolute atomic E-state index is 15.2. The predicted molar refractivity (Wildman–Crippen MR) is 146 cm³/mol. The fourth-order valence-electron chi connectivity index (χ4n) is 5.86. The fourth-order valence-corrected chi connectivity index (χ4v) is 6.11. The number of hydrogen-bond acceptors (Lipinski definition) is 2. The zero-order chi connectivity index (χ0) is 23.9. The van der Waals surface area contributed by atoms with Gasteiger partial charge in [0.1, 0.15) is 0 Å². The molecule has 0 N–H and O–H groups in total. The van der Waals surface area contributed by atoms with Crippen molar-refractivity contribution < 1.29 is 8.81 Å². The lowest BCUT2D eigenvalue weighted by atomic mass is 9.77. The van der Waals surface area contributed by atoms with Crippen LogP contribution in [0.25, 0.3) is 21.7 Å². The lowest BCUT2D eigenvalue weighted by Crippen LogP contribution is -2.13. The van der Waals surface area contributed by atoms with Gasteiger partial charge < -0.3 is 4.42 Å². The highest BCUT2D eigenvalue weighted by molar-refractivity contribution is 7.71. The summed E-state index contributed by atoms with van der Waals surface area (Å²) >= 11 is 5.61. The second-order valence-corrected chi connectivity index (χ2v) is 10.9. The monoisotopic (exact) mass is 480 g/mol. The normalized spacial score (nSPS) is 18.7. The van der Waals surface area contributed by atoms with Crippen LogP contribution in [0.5, 0.6) is 0 Å². The second-order valence-electron chi connectivity index (χ2n) is 10.5. The summed E-state index contributed by atoms with van der Waals surface area (Å²) in [6.45, 7) is 4.44. The van der Waals surface area contributed by atoms with Gasteiger partial charge in [0.05, 0.1) is 0 Å². The molecule has 3 aromatic rings. The van der Waals surface area contributed by atoms with Gasteiger partial charge in [-0.3, -0.25) is 0 Å². The number of rotatable bonds is 11. The van der Waals surface area contributed by atoms with Gasteiger partial charge in [0, 0.05) is 10.8 Å². The molecule has 1 nitrogen and oxygen atoms in total. The average molecular weight is 481 g/mol. The molecule has 1 saturated carbocycles. The van der Waals surface area contributed by atoms with Crippen LogP contribution in [-0.4, -0.2) is 0 Å². The predicted octanol–water partition coefficient (Wildman–Crippen LogP) is 10.8. The van der Waals surface area contributed by atoms with Gasteiger partial charge in [-0.05, 0) is 85.2 Å². The molecule has 0 atom stereocenters. The van der Waals surface area contributed by atoms with Crippen molar-refractivity contribution in [1.82, 2.24) is 0 Å². The SMILES string of the molecule is CCCCCCCC1CCC(c2ccc3c(c2)c(=S)oc2c(F)c(CCCCC)ccc23)CC1. The first kappa shape index (κ1) is 25.4. The van der Waals surface area contributed by atoms with Crippen molar-refractivity contribution in [2.45, 2.75) is 110 Å². The van der Waals surface area contributed by atoms with Crippen LogP contribution < -0.4 is 0 Å². The standard InChI is InChI=1S/C31H41FOS/c1-3-5-7-8-10-11-22-13-15-23(16-14-22)25-18-19-26-27-20-17-24(12-9-6-4-2)29(32)30(27)33-31(34)28(26)21-25/h17-23H,3-16H2,1-2H3. The summed E-state index contributed by atoms with van der Waals surface area (Å²) in [7, 11) is 0. The van der Waals surface area contributed by atoms with Crippen molar-refractivity contribution in [3.8, 4) is 0 Å². The molecule has 0 unspecified atom stereocenters. The Bertz CT molecular complexity index is 1140. The molecule has 1 aromatic heterocycles. The minimum absolute atomic E-state index is 0.237. The highest BCUT2D eigenvalue weighted by atomic mass is 32.1. The molecule has 34 heavy (non-hydrogen) atoms. The summed E-state index contributed by atoms with van der Waals surface area (Å²) in [5.41, 5.74) is 2.42. The van der Waals surface area contributed by atoms with Crippen LogP contribution in [0.4, 0.5) is 4.39 Å². The molecule has 184 valence electrons. The van der Waals surface area contributed by atoms with Gasteiger partial charge in [-0.2, -0.15) is 0 Å². The van der Waals surface area contributed by atoms with E-state index >= 15 is 4.39 Å². The molecule has 1 aliphatic rings. The Morgan fingerprint density at radius 2 is 1.53 bits per heavy atom. The van der Waals surface area contributed by atoms with E-state index < -0.39 is 0 Å². The molecule has 4 rings (SSSR count). The van der Waals surface area contributed by atoms with E-state index in [2.05, 4.69) is 32.0 Å². The number of fused-ring (bicyclic) bond motifs is 3. The van der Waals surface area contributed by atoms with Crippen molar-refractivity contribution in [3.63, 3.8) is 0 Å². The Kier molecular flexibility index (Phi) is 9.17. The largest absolute Gasteiger partial charge is 0.441 e. The smallest absolute Gasteiger partial charge is 0.198 e. The molecule has 0 amide bonds. The number of unbranched alkanes of at least 4 members (excludes halogenated alkanes) is 6. The van der Waals surface area contributed by atoms with Gasteiger partial charge in [0.15, 0.2) is 16.1 Å². The van der Waals surface area contributed by atoms with Crippen molar-refractivity contribution in [2.24, 2.45) is 5.92 Å². The average Bonchev–Trinajstić information content (AvgIpc) is 2.86. The summed E-state index contributed by atoms with van der Waals surface area (Å²) in [5.74, 6) is 1.27. The van der Waals surface area contributed by atoms with E-state index in [-0.39, 0.29) is 5.82 Å². The Morgan fingerprint density at radius 3 is 2.29 bits per heavy atom. The Morgan fingerprint density at radius 1 is 0.824 bits per heavy atom. The Labute approximate surface area is 210 Å². The quantitative estimate of drug-likeness (QED) is 0.154. The molecule has 0 saturated heterocycles. The van der Waals surface area contributed by atoms with Crippen LogP contribution in [0.1, 0.15) is 114 Å². The Balaban J connectivity index is 1.48. The van der Waals surface area contributed by atoms with Gasteiger partial charge in [-0.1, -0.05) is 89.5 Å². The van der Waals surface area contributed by atoms with E-state index in [1.807, 2.05) is 12.1 Å². The molecule has 0 aliphatic heterocycles. The lowest BCUT2D eigenvalue weighted by Gasteiger charge is -2.29. The van der Waals surface area contributed by atoms with Gasteiger partial charge in [-0.25, -0.2) is 4.39 Å². The van der Waals surface area contributed by atoms with Crippen LogP contribution in [0.15, 0.2) is 34.7 Å². The van der Waals surface area contributed by atoms with Crippen LogP contribution >= 0.6 is 12.2 Å².